The maximum absolute atomic E-state index is 4.04. The minimum Gasteiger partial charge on any atom is -0.374 e. The molecule has 100 valence electrons. The number of nitrogens with one attached hydrogen (secondary N) is 1. The van der Waals surface area contributed by atoms with E-state index in [1.165, 1.54) is 16.8 Å². The summed E-state index contributed by atoms with van der Waals surface area (Å²) in [5, 5.41) is 3.16. The molecule has 0 saturated heterocycles. The third-order valence-electron chi connectivity index (χ3n) is 3.24. The largest absolute Gasteiger partial charge is 0.374 e. The van der Waals surface area contributed by atoms with E-state index in [4.69, 9.17) is 0 Å². The van der Waals surface area contributed by atoms with Gasteiger partial charge in [-0.2, -0.15) is 0 Å². The van der Waals surface area contributed by atoms with Crippen molar-refractivity contribution in [3.63, 3.8) is 0 Å². The summed E-state index contributed by atoms with van der Waals surface area (Å²) in [5.74, 6) is 0. The molecule has 0 aliphatic rings. The van der Waals surface area contributed by atoms with Crippen molar-refractivity contribution in [1.82, 2.24) is 10.3 Å². The molecule has 19 heavy (non-hydrogen) atoms. The van der Waals surface area contributed by atoms with Gasteiger partial charge in [0.2, 0.25) is 0 Å². The van der Waals surface area contributed by atoms with Crippen LogP contribution >= 0.6 is 0 Å². The molecule has 1 aromatic carbocycles. The highest BCUT2D eigenvalue weighted by Crippen LogP contribution is 2.14. The van der Waals surface area contributed by atoms with Crippen LogP contribution in [0.15, 0.2) is 48.8 Å². The van der Waals surface area contributed by atoms with Crippen molar-refractivity contribution in [2.45, 2.75) is 13.0 Å². The fourth-order valence-electron chi connectivity index (χ4n) is 2.05. The number of hydrogen-bond donors (Lipinski definition) is 1. The summed E-state index contributed by atoms with van der Waals surface area (Å²) < 4.78 is 0. The Morgan fingerprint density at radius 2 is 1.68 bits per heavy atom. The van der Waals surface area contributed by atoms with Gasteiger partial charge in [0, 0.05) is 38.2 Å². The number of anilines is 1. The van der Waals surface area contributed by atoms with Crippen LogP contribution in [0.2, 0.25) is 0 Å². The molecule has 0 fully saturated rings. The first kappa shape index (κ1) is 13.6. The van der Waals surface area contributed by atoms with Crippen molar-refractivity contribution < 1.29 is 0 Å². The van der Waals surface area contributed by atoms with E-state index < -0.39 is 0 Å². The lowest BCUT2D eigenvalue weighted by molar-refractivity contribution is 0.816. The standard InChI is InChI=1S/C16H21N3/c1-17-13-15-3-5-16(6-4-15)19(2)12-9-14-7-10-18-11-8-14/h3-8,10-11,17H,9,12-13H2,1-2H3. The van der Waals surface area contributed by atoms with Crippen molar-refractivity contribution >= 4 is 5.69 Å². The van der Waals surface area contributed by atoms with Crippen molar-refractivity contribution in [2.24, 2.45) is 0 Å². The fourth-order valence-corrected chi connectivity index (χ4v) is 2.05. The normalized spacial score (nSPS) is 10.4. The number of likely N-dealkylation sites (N-methyl/N-ethyl adjacent to an activating group) is 1. The summed E-state index contributed by atoms with van der Waals surface area (Å²) in [5.41, 5.74) is 3.90. The summed E-state index contributed by atoms with van der Waals surface area (Å²) >= 11 is 0. The molecular formula is C16H21N3. The number of nitrogens with zero attached hydrogens (tertiary/aromatic N) is 2. The van der Waals surface area contributed by atoms with Crippen molar-refractivity contribution in [3.8, 4) is 0 Å². The zero-order valence-electron chi connectivity index (χ0n) is 11.6. The third-order valence-corrected chi connectivity index (χ3v) is 3.24. The van der Waals surface area contributed by atoms with E-state index in [2.05, 4.69) is 58.6 Å². The first-order chi connectivity index (χ1) is 9.29. The molecule has 0 amide bonds. The predicted molar refractivity (Wildman–Crippen MR) is 80.4 cm³/mol. The smallest absolute Gasteiger partial charge is 0.0363 e. The Morgan fingerprint density at radius 3 is 2.32 bits per heavy atom. The van der Waals surface area contributed by atoms with E-state index in [9.17, 15) is 0 Å². The SMILES string of the molecule is CNCc1ccc(N(C)CCc2ccncc2)cc1. The minimum atomic E-state index is 0.918. The van der Waals surface area contributed by atoms with E-state index >= 15 is 0 Å². The highest BCUT2D eigenvalue weighted by molar-refractivity contribution is 5.47. The highest BCUT2D eigenvalue weighted by Gasteiger charge is 2.01. The van der Waals surface area contributed by atoms with Gasteiger partial charge in [0.25, 0.3) is 0 Å². The monoisotopic (exact) mass is 255 g/mol. The molecule has 0 aliphatic heterocycles. The Balaban J connectivity index is 1.90. The molecule has 2 rings (SSSR count). The summed E-state index contributed by atoms with van der Waals surface area (Å²) in [4.78, 5) is 6.32. The van der Waals surface area contributed by atoms with E-state index in [1.54, 1.807) is 0 Å². The van der Waals surface area contributed by atoms with Crippen molar-refractivity contribution in [3.05, 3.63) is 59.9 Å². The second-order valence-corrected chi connectivity index (χ2v) is 4.72. The molecule has 3 heteroatoms. The van der Waals surface area contributed by atoms with Crippen molar-refractivity contribution in [1.29, 1.82) is 0 Å². The van der Waals surface area contributed by atoms with Gasteiger partial charge in [-0.15, -0.1) is 0 Å². The van der Waals surface area contributed by atoms with E-state index in [0.29, 0.717) is 0 Å². The van der Waals surface area contributed by atoms with Gasteiger partial charge in [-0.1, -0.05) is 12.1 Å². The molecule has 0 radical (unpaired) electrons. The Bertz CT molecular complexity index is 479. The molecule has 0 spiro atoms. The first-order valence-corrected chi connectivity index (χ1v) is 6.63. The number of benzene rings is 1. The van der Waals surface area contributed by atoms with Gasteiger partial charge in [-0.05, 0) is 48.9 Å². The van der Waals surface area contributed by atoms with E-state index in [1.807, 2.05) is 19.4 Å². The second kappa shape index (κ2) is 6.90. The van der Waals surface area contributed by atoms with E-state index in [-0.39, 0.29) is 0 Å². The average molecular weight is 255 g/mol. The quantitative estimate of drug-likeness (QED) is 0.859. The number of hydrogen-bond acceptors (Lipinski definition) is 3. The first-order valence-electron chi connectivity index (χ1n) is 6.63. The van der Waals surface area contributed by atoms with Crippen LogP contribution in [-0.2, 0) is 13.0 Å². The van der Waals surface area contributed by atoms with Gasteiger partial charge >= 0.3 is 0 Å². The van der Waals surface area contributed by atoms with Gasteiger partial charge in [0.15, 0.2) is 0 Å². The zero-order chi connectivity index (χ0) is 13.5. The van der Waals surface area contributed by atoms with Crippen LogP contribution in [0.25, 0.3) is 0 Å². The Labute approximate surface area is 115 Å². The number of rotatable bonds is 6. The summed E-state index contributed by atoms with van der Waals surface area (Å²) in [6.45, 7) is 1.93. The zero-order valence-corrected chi connectivity index (χ0v) is 11.6. The molecule has 1 heterocycles. The molecule has 0 atom stereocenters. The Kier molecular flexibility index (Phi) is 4.93. The minimum absolute atomic E-state index is 0.918. The molecule has 1 aromatic heterocycles. The van der Waals surface area contributed by atoms with Crippen LogP contribution in [-0.4, -0.2) is 25.6 Å². The Hall–Kier alpha value is -1.87. The third kappa shape index (κ3) is 4.07. The van der Waals surface area contributed by atoms with Crippen LogP contribution in [0.3, 0.4) is 0 Å². The van der Waals surface area contributed by atoms with Gasteiger partial charge < -0.3 is 10.2 Å². The maximum atomic E-state index is 4.04. The van der Waals surface area contributed by atoms with E-state index in [0.717, 1.165) is 19.5 Å². The second-order valence-electron chi connectivity index (χ2n) is 4.72. The number of aromatic nitrogens is 1. The molecule has 0 aliphatic carbocycles. The fraction of sp³-hybridized carbons (Fsp3) is 0.312. The average Bonchev–Trinajstić information content (AvgIpc) is 2.47. The molecular weight excluding hydrogens is 234 g/mol. The van der Waals surface area contributed by atoms with Crippen LogP contribution < -0.4 is 10.2 Å². The van der Waals surface area contributed by atoms with Crippen molar-refractivity contribution in [2.75, 3.05) is 25.5 Å². The van der Waals surface area contributed by atoms with Crippen LogP contribution in [0.5, 0.6) is 0 Å². The summed E-state index contributed by atoms with van der Waals surface area (Å²) in [6, 6.07) is 12.9. The highest BCUT2D eigenvalue weighted by atomic mass is 15.1. The molecule has 0 saturated carbocycles. The topological polar surface area (TPSA) is 28.2 Å². The molecule has 0 bridgehead atoms. The van der Waals surface area contributed by atoms with Gasteiger partial charge in [0.05, 0.1) is 0 Å². The van der Waals surface area contributed by atoms with Gasteiger partial charge in [0.1, 0.15) is 0 Å². The van der Waals surface area contributed by atoms with Gasteiger partial charge in [-0.25, -0.2) is 0 Å². The Morgan fingerprint density at radius 1 is 1.00 bits per heavy atom. The van der Waals surface area contributed by atoms with Gasteiger partial charge in [-0.3, -0.25) is 4.98 Å². The van der Waals surface area contributed by atoms with Crippen LogP contribution in [0.4, 0.5) is 5.69 Å². The lowest BCUT2D eigenvalue weighted by atomic mass is 10.1. The summed E-state index contributed by atoms with van der Waals surface area (Å²) in [6.07, 6.45) is 4.74. The predicted octanol–water partition coefficient (Wildman–Crippen LogP) is 2.48. The van der Waals surface area contributed by atoms with Crippen LogP contribution in [0.1, 0.15) is 11.1 Å². The molecule has 3 nitrogen and oxygen atoms in total. The van der Waals surface area contributed by atoms with Crippen LogP contribution in [0, 0.1) is 0 Å². The lowest BCUT2D eigenvalue weighted by Gasteiger charge is -2.19. The molecule has 1 N–H and O–H groups in total. The summed E-state index contributed by atoms with van der Waals surface area (Å²) in [7, 11) is 4.10. The molecule has 2 aromatic rings. The maximum Gasteiger partial charge on any atom is 0.0363 e. The molecule has 0 unspecified atom stereocenters. The number of pyridine rings is 1. The lowest BCUT2D eigenvalue weighted by Crippen LogP contribution is -2.20.